The summed E-state index contributed by atoms with van der Waals surface area (Å²) in [6.45, 7) is 3.42. The third kappa shape index (κ3) is 4.46. The number of carbonyl (C=O) groups excluding carboxylic acids is 2. The number of benzene rings is 1. The summed E-state index contributed by atoms with van der Waals surface area (Å²) < 4.78 is 41.7. The van der Waals surface area contributed by atoms with Gasteiger partial charge in [0.05, 0.1) is 34.0 Å². The number of halogens is 3. The largest absolute Gasteiger partial charge is 0.417 e. The lowest BCUT2D eigenvalue weighted by Crippen LogP contribution is -2.33. The molecule has 1 aliphatic rings. The van der Waals surface area contributed by atoms with Crippen molar-refractivity contribution >= 4 is 29.1 Å². The van der Waals surface area contributed by atoms with E-state index in [1.165, 1.54) is 41.7 Å². The van der Waals surface area contributed by atoms with E-state index in [0.29, 0.717) is 28.2 Å². The van der Waals surface area contributed by atoms with E-state index in [0.717, 1.165) is 12.1 Å². The standard InChI is InChI=1S/C28H19F3N6O2/c1-27(2)23-19(9-11-34-24(23)37(26(27)39)18-4-3-10-33-15-18)17-6-7-21(28(29,30)31)20(12-17)25(38)36-22-8-5-16(13-32)14-35-22/h3-12,14-15H,1-2H3,(H,35,36,38). The van der Waals surface area contributed by atoms with Crippen molar-refractivity contribution in [1.29, 1.82) is 5.26 Å². The van der Waals surface area contributed by atoms with E-state index in [1.807, 2.05) is 6.07 Å². The van der Waals surface area contributed by atoms with Crippen molar-refractivity contribution in [1.82, 2.24) is 15.0 Å². The Hall–Kier alpha value is -5.11. The molecule has 39 heavy (non-hydrogen) atoms. The van der Waals surface area contributed by atoms with Gasteiger partial charge in [0.1, 0.15) is 17.7 Å². The molecule has 3 aromatic heterocycles. The average Bonchev–Trinajstić information content (AvgIpc) is 3.13. The molecular formula is C28H19F3N6O2. The van der Waals surface area contributed by atoms with Crippen LogP contribution in [-0.4, -0.2) is 26.8 Å². The Bertz CT molecular complexity index is 1650. The Morgan fingerprint density at radius 1 is 1.05 bits per heavy atom. The molecule has 1 aliphatic heterocycles. The molecule has 194 valence electrons. The van der Waals surface area contributed by atoms with Crippen LogP contribution in [0.1, 0.15) is 40.9 Å². The molecule has 1 N–H and O–H groups in total. The highest BCUT2D eigenvalue weighted by atomic mass is 19.4. The smallest absolute Gasteiger partial charge is 0.307 e. The van der Waals surface area contributed by atoms with Gasteiger partial charge in [0, 0.05) is 24.2 Å². The van der Waals surface area contributed by atoms with Crippen molar-refractivity contribution in [2.75, 3.05) is 10.2 Å². The number of hydrogen-bond acceptors (Lipinski definition) is 6. The number of rotatable bonds is 4. The molecule has 4 aromatic rings. The van der Waals surface area contributed by atoms with Crippen molar-refractivity contribution in [2.24, 2.45) is 0 Å². The number of nitrogens with zero attached hydrogens (tertiary/aromatic N) is 5. The number of pyridine rings is 3. The molecule has 0 fully saturated rings. The Balaban J connectivity index is 1.63. The number of fused-ring (bicyclic) bond motifs is 1. The van der Waals surface area contributed by atoms with Gasteiger partial charge in [0.2, 0.25) is 5.91 Å². The predicted octanol–water partition coefficient (Wildman–Crippen LogP) is 5.64. The lowest BCUT2D eigenvalue weighted by Gasteiger charge is -2.20. The fourth-order valence-corrected chi connectivity index (χ4v) is 4.55. The van der Waals surface area contributed by atoms with Crippen LogP contribution in [-0.2, 0) is 16.4 Å². The van der Waals surface area contributed by atoms with E-state index in [4.69, 9.17) is 5.26 Å². The molecule has 11 heteroatoms. The topological polar surface area (TPSA) is 112 Å². The molecule has 0 spiro atoms. The molecule has 0 aliphatic carbocycles. The number of nitrogens with one attached hydrogen (secondary N) is 1. The molecule has 0 saturated heterocycles. The summed E-state index contributed by atoms with van der Waals surface area (Å²) in [5.74, 6) is -0.981. The first-order valence-electron chi connectivity index (χ1n) is 11.7. The third-order valence-corrected chi connectivity index (χ3v) is 6.42. The second-order valence-electron chi connectivity index (χ2n) is 9.29. The van der Waals surface area contributed by atoms with Crippen LogP contribution < -0.4 is 10.2 Å². The van der Waals surface area contributed by atoms with Gasteiger partial charge in [-0.15, -0.1) is 0 Å². The van der Waals surface area contributed by atoms with Crippen LogP contribution in [0.3, 0.4) is 0 Å². The minimum Gasteiger partial charge on any atom is -0.307 e. The molecule has 8 nitrogen and oxygen atoms in total. The Morgan fingerprint density at radius 3 is 2.49 bits per heavy atom. The molecule has 2 amide bonds. The van der Waals surface area contributed by atoms with Crippen LogP contribution in [0.25, 0.3) is 11.1 Å². The summed E-state index contributed by atoms with van der Waals surface area (Å²) in [5, 5.41) is 11.3. The van der Waals surface area contributed by atoms with Crippen molar-refractivity contribution in [3.05, 3.63) is 95.6 Å². The zero-order valence-corrected chi connectivity index (χ0v) is 20.6. The van der Waals surface area contributed by atoms with Gasteiger partial charge in [-0.25, -0.2) is 9.97 Å². The number of aromatic nitrogens is 3. The molecule has 4 heterocycles. The van der Waals surface area contributed by atoms with Gasteiger partial charge in [0.25, 0.3) is 5.91 Å². The monoisotopic (exact) mass is 528 g/mol. The Kier molecular flexibility index (Phi) is 6.11. The number of nitriles is 1. The van der Waals surface area contributed by atoms with Crippen LogP contribution in [0, 0.1) is 11.3 Å². The SMILES string of the molecule is CC1(C)C(=O)N(c2cccnc2)c2nccc(-c3ccc(C(F)(F)F)c(C(=O)Nc4ccc(C#N)cn4)c3)c21. The quantitative estimate of drug-likeness (QED) is 0.367. The molecule has 0 bridgehead atoms. The maximum atomic E-state index is 13.9. The number of anilines is 3. The van der Waals surface area contributed by atoms with Gasteiger partial charge in [0.15, 0.2) is 0 Å². The van der Waals surface area contributed by atoms with Crippen molar-refractivity contribution < 1.29 is 22.8 Å². The minimum absolute atomic E-state index is 0.0128. The average molecular weight is 528 g/mol. The van der Waals surface area contributed by atoms with Gasteiger partial charge in [-0.05, 0) is 67.4 Å². The molecule has 1 aromatic carbocycles. The highest BCUT2D eigenvalue weighted by Gasteiger charge is 2.47. The van der Waals surface area contributed by atoms with E-state index in [1.54, 1.807) is 38.2 Å². The van der Waals surface area contributed by atoms with Gasteiger partial charge in [-0.2, -0.15) is 18.4 Å². The summed E-state index contributed by atoms with van der Waals surface area (Å²) in [6, 6.07) is 12.8. The lowest BCUT2D eigenvalue weighted by atomic mass is 9.82. The maximum absolute atomic E-state index is 13.9. The lowest BCUT2D eigenvalue weighted by molar-refractivity contribution is -0.137. The fourth-order valence-electron chi connectivity index (χ4n) is 4.55. The van der Waals surface area contributed by atoms with Crippen LogP contribution in [0.5, 0.6) is 0 Å². The number of amides is 2. The van der Waals surface area contributed by atoms with E-state index < -0.39 is 28.6 Å². The zero-order valence-electron chi connectivity index (χ0n) is 20.6. The third-order valence-electron chi connectivity index (χ3n) is 6.42. The Labute approximate surface area is 220 Å². The normalized spacial score (nSPS) is 14.1. The summed E-state index contributed by atoms with van der Waals surface area (Å²) in [6.07, 6.45) is 0.946. The first-order chi connectivity index (χ1) is 18.5. The second kappa shape index (κ2) is 9.33. The number of alkyl halides is 3. The van der Waals surface area contributed by atoms with E-state index in [2.05, 4.69) is 20.3 Å². The highest BCUT2D eigenvalue weighted by Crippen LogP contribution is 2.48. The first kappa shape index (κ1) is 25.5. The van der Waals surface area contributed by atoms with Crippen molar-refractivity contribution in [3.8, 4) is 17.2 Å². The van der Waals surface area contributed by atoms with Crippen molar-refractivity contribution in [2.45, 2.75) is 25.4 Å². The van der Waals surface area contributed by atoms with E-state index >= 15 is 0 Å². The summed E-state index contributed by atoms with van der Waals surface area (Å²) in [4.78, 5) is 40.4. The second-order valence-corrected chi connectivity index (χ2v) is 9.29. The maximum Gasteiger partial charge on any atom is 0.417 e. The van der Waals surface area contributed by atoms with Crippen LogP contribution in [0.2, 0.25) is 0 Å². The van der Waals surface area contributed by atoms with Crippen LogP contribution in [0.4, 0.5) is 30.5 Å². The van der Waals surface area contributed by atoms with E-state index in [9.17, 15) is 22.8 Å². The molecule has 5 rings (SSSR count). The summed E-state index contributed by atoms with van der Waals surface area (Å²) in [5.41, 5.74) is -0.822. The number of carbonyl (C=O) groups is 2. The van der Waals surface area contributed by atoms with Crippen molar-refractivity contribution in [3.63, 3.8) is 0 Å². The van der Waals surface area contributed by atoms with Gasteiger partial charge in [-0.1, -0.05) is 6.07 Å². The van der Waals surface area contributed by atoms with Crippen LogP contribution in [0.15, 0.2) is 73.3 Å². The van der Waals surface area contributed by atoms with Gasteiger partial charge < -0.3 is 5.32 Å². The molecule has 0 radical (unpaired) electrons. The predicted molar refractivity (Wildman–Crippen MR) is 136 cm³/mol. The molecule has 0 unspecified atom stereocenters. The van der Waals surface area contributed by atoms with Gasteiger partial charge in [-0.3, -0.25) is 19.5 Å². The van der Waals surface area contributed by atoms with E-state index in [-0.39, 0.29) is 17.3 Å². The zero-order chi connectivity index (χ0) is 27.9. The highest BCUT2D eigenvalue weighted by molar-refractivity contribution is 6.13. The summed E-state index contributed by atoms with van der Waals surface area (Å²) >= 11 is 0. The minimum atomic E-state index is -4.81. The fraction of sp³-hybridized carbons (Fsp3) is 0.143. The Morgan fingerprint density at radius 2 is 1.85 bits per heavy atom. The summed E-state index contributed by atoms with van der Waals surface area (Å²) in [7, 11) is 0. The first-order valence-corrected chi connectivity index (χ1v) is 11.7. The van der Waals surface area contributed by atoms with Crippen LogP contribution >= 0.6 is 0 Å². The molecule has 0 atom stereocenters. The number of hydrogen-bond donors (Lipinski definition) is 1. The molecule has 0 saturated carbocycles. The van der Waals surface area contributed by atoms with Gasteiger partial charge >= 0.3 is 6.18 Å². The molecular weight excluding hydrogens is 509 g/mol.